The Morgan fingerprint density at radius 1 is 1.26 bits per heavy atom. The van der Waals surface area contributed by atoms with Crippen LogP contribution in [0.3, 0.4) is 0 Å². The summed E-state index contributed by atoms with van der Waals surface area (Å²) in [6, 6.07) is 7.83. The number of halogens is 1. The molecule has 1 saturated carbocycles. The molecule has 1 aromatic rings. The van der Waals surface area contributed by atoms with Crippen LogP contribution in [0, 0.1) is 17.2 Å². The van der Waals surface area contributed by atoms with Gasteiger partial charge in [0.15, 0.2) is 0 Å². The van der Waals surface area contributed by atoms with Gasteiger partial charge in [-0.2, -0.15) is 9.57 Å². The molecule has 1 aliphatic heterocycles. The van der Waals surface area contributed by atoms with E-state index in [-0.39, 0.29) is 11.8 Å². The Morgan fingerprint density at radius 3 is 2.63 bits per heavy atom. The van der Waals surface area contributed by atoms with E-state index in [0.717, 1.165) is 18.7 Å². The first kappa shape index (κ1) is 20.4. The van der Waals surface area contributed by atoms with Gasteiger partial charge in [0, 0.05) is 31.4 Å². The summed E-state index contributed by atoms with van der Waals surface area (Å²) in [5.41, 5.74) is 1.46. The Balaban J connectivity index is 1.84. The highest BCUT2D eigenvalue weighted by Gasteiger charge is 2.34. The molecule has 27 heavy (non-hydrogen) atoms. The first-order valence-electron chi connectivity index (χ1n) is 9.88. The van der Waals surface area contributed by atoms with Crippen LogP contribution in [0.2, 0.25) is 5.02 Å². The molecule has 0 unspecified atom stereocenters. The fourth-order valence-electron chi connectivity index (χ4n) is 4.29. The van der Waals surface area contributed by atoms with E-state index in [2.05, 4.69) is 11.0 Å². The summed E-state index contributed by atoms with van der Waals surface area (Å²) in [6.07, 6.45) is 7.13. The molecule has 5 nitrogen and oxygen atoms in total. The fourth-order valence-corrected chi connectivity index (χ4v) is 5.65. The Bertz CT molecular complexity index is 800. The minimum atomic E-state index is -3.16. The van der Waals surface area contributed by atoms with Crippen molar-refractivity contribution in [3.8, 4) is 6.07 Å². The molecule has 2 aliphatic rings. The van der Waals surface area contributed by atoms with E-state index in [1.165, 1.54) is 32.1 Å². The Hall–Kier alpha value is -1.29. The standard InChI is InChI=1S/C20H28ClN3O2S/c1-2-27(25,26)23-11-10-19(15-23)24(14-16-6-4-3-5-7-16)18-9-8-17(13-22)20(21)12-18/h8-9,12,16,19H,2-7,10-11,14-15H2,1H3/t19-/m0/s1. The Kier molecular flexibility index (Phi) is 6.67. The van der Waals surface area contributed by atoms with Gasteiger partial charge in [-0.3, -0.25) is 0 Å². The highest BCUT2D eigenvalue weighted by molar-refractivity contribution is 7.89. The van der Waals surface area contributed by atoms with E-state index < -0.39 is 10.0 Å². The zero-order valence-corrected chi connectivity index (χ0v) is 17.5. The van der Waals surface area contributed by atoms with Crippen molar-refractivity contribution in [3.05, 3.63) is 28.8 Å². The largest absolute Gasteiger partial charge is 0.367 e. The van der Waals surface area contributed by atoms with Crippen molar-refractivity contribution in [3.63, 3.8) is 0 Å². The summed E-state index contributed by atoms with van der Waals surface area (Å²) >= 11 is 6.29. The van der Waals surface area contributed by atoms with Crippen molar-refractivity contribution in [1.82, 2.24) is 4.31 Å². The molecular weight excluding hydrogens is 382 g/mol. The summed E-state index contributed by atoms with van der Waals surface area (Å²) in [7, 11) is -3.16. The molecule has 1 aliphatic carbocycles. The summed E-state index contributed by atoms with van der Waals surface area (Å²) in [5, 5.41) is 9.61. The maximum Gasteiger partial charge on any atom is 0.213 e. The second kappa shape index (κ2) is 8.81. The van der Waals surface area contributed by atoms with E-state index in [0.29, 0.717) is 29.6 Å². The van der Waals surface area contributed by atoms with Gasteiger partial charge in [0.1, 0.15) is 6.07 Å². The SMILES string of the molecule is CCS(=O)(=O)N1CC[C@H](N(CC2CCCCC2)c2ccc(C#N)c(Cl)c2)C1. The topological polar surface area (TPSA) is 64.4 Å². The fraction of sp³-hybridized carbons (Fsp3) is 0.650. The normalized spacial score (nSPS) is 21.9. The minimum absolute atomic E-state index is 0.144. The third kappa shape index (κ3) is 4.77. The van der Waals surface area contributed by atoms with E-state index in [1.54, 1.807) is 17.3 Å². The molecule has 0 aromatic heterocycles. The molecule has 0 radical (unpaired) electrons. The molecule has 0 N–H and O–H groups in total. The molecule has 0 amide bonds. The number of anilines is 1. The highest BCUT2D eigenvalue weighted by atomic mass is 35.5. The molecule has 0 bridgehead atoms. The molecule has 7 heteroatoms. The molecule has 1 aromatic carbocycles. The van der Waals surface area contributed by atoms with E-state index in [1.807, 2.05) is 12.1 Å². The third-order valence-electron chi connectivity index (χ3n) is 5.91. The minimum Gasteiger partial charge on any atom is -0.367 e. The maximum absolute atomic E-state index is 12.3. The monoisotopic (exact) mass is 409 g/mol. The number of hydrogen-bond donors (Lipinski definition) is 0. The Labute approximate surface area is 168 Å². The number of nitriles is 1. The van der Waals surface area contributed by atoms with Crippen LogP contribution in [0.25, 0.3) is 0 Å². The van der Waals surface area contributed by atoms with Crippen molar-refractivity contribution in [2.24, 2.45) is 5.92 Å². The predicted molar refractivity (Wildman–Crippen MR) is 110 cm³/mol. The smallest absolute Gasteiger partial charge is 0.213 e. The molecule has 1 heterocycles. The quantitative estimate of drug-likeness (QED) is 0.711. The number of hydrogen-bond acceptors (Lipinski definition) is 4. The van der Waals surface area contributed by atoms with Gasteiger partial charge in [-0.25, -0.2) is 8.42 Å². The number of benzene rings is 1. The van der Waals surface area contributed by atoms with Crippen LogP contribution in [0.1, 0.15) is 51.0 Å². The van der Waals surface area contributed by atoms with Gasteiger partial charge in [0.2, 0.25) is 10.0 Å². The maximum atomic E-state index is 12.3. The van der Waals surface area contributed by atoms with Gasteiger partial charge in [-0.05, 0) is 50.3 Å². The lowest BCUT2D eigenvalue weighted by molar-refractivity contribution is 0.349. The van der Waals surface area contributed by atoms with Gasteiger partial charge in [-0.1, -0.05) is 30.9 Å². The van der Waals surface area contributed by atoms with E-state index in [4.69, 9.17) is 16.9 Å². The van der Waals surface area contributed by atoms with Crippen LogP contribution in [0.5, 0.6) is 0 Å². The van der Waals surface area contributed by atoms with Crippen LogP contribution < -0.4 is 4.90 Å². The summed E-state index contributed by atoms with van der Waals surface area (Å²) in [6.45, 7) is 3.72. The zero-order valence-electron chi connectivity index (χ0n) is 15.9. The van der Waals surface area contributed by atoms with E-state index >= 15 is 0 Å². The average Bonchev–Trinajstić information content (AvgIpc) is 3.17. The van der Waals surface area contributed by atoms with Gasteiger partial charge in [0.05, 0.1) is 16.3 Å². The lowest BCUT2D eigenvalue weighted by atomic mass is 9.88. The summed E-state index contributed by atoms with van der Waals surface area (Å²) in [4.78, 5) is 2.34. The van der Waals surface area contributed by atoms with Gasteiger partial charge >= 0.3 is 0 Å². The predicted octanol–water partition coefficient (Wildman–Crippen LogP) is 4.02. The van der Waals surface area contributed by atoms with E-state index in [9.17, 15) is 8.42 Å². The third-order valence-corrected chi connectivity index (χ3v) is 8.07. The second-order valence-corrected chi connectivity index (χ2v) is 10.3. The van der Waals surface area contributed by atoms with Crippen LogP contribution in [-0.2, 0) is 10.0 Å². The Morgan fingerprint density at radius 2 is 2.00 bits per heavy atom. The molecule has 148 valence electrons. The van der Waals surface area contributed by atoms with Gasteiger partial charge < -0.3 is 4.90 Å². The van der Waals surface area contributed by atoms with Crippen LogP contribution in [0.4, 0.5) is 5.69 Å². The van der Waals surface area contributed by atoms with Crippen molar-refractivity contribution in [2.45, 2.75) is 51.5 Å². The van der Waals surface area contributed by atoms with Crippen LogP contribution >= 0.6 is 11.6 Å². The lowest BCUT2D eigenvalue weighted by Gasteiger charge is -2.36. The number of nitrogens with zero attached hydrogens (tertiary/aromatic N) is 3. The molecule has 1 atom stereocenters. The van der Waals surface area contributed by atoms with Crippen molar-refractivity contribution < 1.29 is 8.42 Å². The molecule has 0 spiro atoms. The van der Waals surface area contributed by atoms with Crippen LogP contribution in [-0.4, -0.2) is 44.2 Å². The number of sulfonamides is 1. The van der Waals surface area contributed by atoms with Crippen molar-refractivity contribution in [1.29, 1.82) is 5.26 Å². The average molecular weight is 410 g/mol. The zero-order chi connectivity index (χ0) is 19.4. The van der Waals surface area contributed by atoms with Gasteiger partial charge in [-0.15, -0.1) is 0 Å². The second-order valence-electron chi connectivity index (χ2n) is 7.63. The summed E-state index contributed by atoms with van der Waals surface area (Å²) in [5.74, 6) is 0.774. The molecule has 2 fully saturated rings. The van der Waals surface area contributed by atoms with Crippen molar-refractivity contribution >= 4 is 27.3 Å². The number of rotatable bonds is 6. The van der Waals surface area contributed by atoms with Gasteiger partial charge in [0.25, 0.3) is 0 Å². The first-order chi connectivity index (χ1) is 12.9. The van der Waals surface area contributed by atoms with Crippen LogP contribution in [0.15, 0.2) is 18.2 Å². The molecular formula is C20H28ClN3O2S. The first-order valence-corrected chi connectivity index (χ1v) is 11.9. The highest BCUT2D eigenvalue weighted by Crippen LogP contribution is 2.32. The molecule has 1 saturated heterocycles. The summed E-state index contributed by atoms with van der Waals surface area (Å²) < 4.78 is 26.2. The lowest BCUT2D eigenvalue weighted by Crippen LogP contribution is -2.42. The van der Waals surface area contributed by atoms with Crippen molar-refractivity contribution in [2.75, 3.05) is 30.3 Å². The molecule has 3 rings (SSSR count).